The van der Waals surface area contributed by atoms with Gasteiger partial charge >= 0.3 is 5.97 Å². The van der Waals surface area contributed by atoms with Crippen LogP contribution in [-0.2, 0) is 11.4 Å². The molecule has 0 saturated carbocycles. The van der Waals surface area contributed by atoms with Crippen LogP contribution >= 0.6 is 0 Å². The van der Waals surface area contributed by atoms with Crippen LogP contribution in [-0.4, -0.2) is 34.5 Å². The summed E-state index contributed by atoms with van der Waals surface area (Å²) >= 11 is 0. The Morgan fingerprint density at radius 3 is 2.71 bits per heavy atom. The van der Waals surface area contributed by atoms with Crippen molar-refractivity contribution in [1.82, 2.24) is 4.90 Å². The number of furan rings is 1. The molecule has 1 atom stereocenters. The van der Waals surface area contributed by atoms with Crippen molar-refractivity contribution in [2.45, 2.75) is 31.9 Å². The SMILES string of the molecule is O=C(O)[C@H]1CCCCN1C(=O)c1ccc(COc2ccc3ccccc3c2)o1. The van der Waals surface area contributed by atoms with E-state index in [9.17, 15) is 14.7 Å². The molecule has 1 aromatic heterocycles. The minimum Gasteiger partial charge on any atom is -0.486 e. The molecular weight excluding hydrogens is 358 g/mol. The van der Waals surface area contributed by atoms with E-state index >= 15 is 0 Å². The van der Waals surface area contributed by atoms with Gasteiger partial charge in [-0.05, 0) is 54.3 Å². The number of likely N-dealkylation sites (tertiary alicyclic amines) is 1. The average molecular weight is 379 g/mol. The fourth-order valence-electron chi connectivity index (χ4n) is 3.55. The lowest BCUT2D eigenvalue weighted by molar-refractivity contribution is -0.143. The Morgan fingerprint density at radius 2 is 1.89 bits per heavy atom. The number of carboxylic acids is 1. The molecule has 4 rings (SSSR count). The van der Waals surface area contributed by atoms with Crippen LogP contribution in [0, 0.1) is 0 Å². The van der Waals surface area contributed by atoms with Gasteiger partial charge in [-0.25, -0.2) is 4.79 Å². The predicted molar refractivity (Wildman–Crippen MR) is 103 cm³/mol. The predicted octanol–water partition coefficient (Wildman–Crippen LogP) is 4.09. The first kappa shape index (κ1) is 18.1. The smallest absolute Gasteiger partial charge is 0.326 e. The Bertz CT molecular complexity index is 1010. The minimum atomic E-state index is -0.973. The molecule has 1 N–H and O–H groups in total. The zero-order chi connectivity index (χ0) is 19.5. The van der Waals surface area contributed by atoms with E-state index in [4.69, 9.17) is 9.15 Å². The maximum atomic E-state index is 12.7. The number of carboxylic acid groups (broad SMARTS) is 1. The van der Waals surface area contributed by atoms with Crippen LogP contribution in [0.15, 0.2) is 59.0 Å². The topological polar surface area (TPSA) is 80.0 Å². The third kappa shape index (κ3) is 3.71. The van der Waals surface area contributed by atoms with E-state index in [1.165, 1.54) is 4.90 Å². The summed E-state index contributed by atoms with van der Waals surface area (Å²) in [7, 11) is 0. The van der Waals surface area contributed by atoms with Crippen molar-refractivity contribution in [3.8, 4) is 5.75 Å². The Hall–Kier alpha value is -3.28. The van der Waals surface area contributed by atoms with Crippen LogP contribution in [0.2, 0.25) is 0 Å². The lowest BCUT2D eigenvalue weighted by Crippen LogP contribution is -2.47. The number of amides is 1. The van der Waals surface area contributed by atoms with Gasteiger partial charge in [0.1, 0.15) is 24.2 Å². The molecule has 1 amide bonds. The quantitative estimate of drug-likeness (QED) is 0.722. The number of carbonyl (C=O) groups excluding carboxylic acids is 1. The Kier molecular flexibility index (Phi) is 5.02. The fraction of sp³-hybridized carbons (Fsp3) is 0.273. The zero-order valence-electron chi connectivity index (χ0n) is 15.3. The molecule has 1 saturated heterocycles. The van der Waals surface area contributed by atoms with Crippen LogP contribution in [0.4, 0.5) is 0 Å². The molecule has 2 heterocycles. The van der Waals surface area contributed by atoms with Gasteiger partial charge in [-0.2, -0.15) is 0 Å². The number of benzene rings is 2. The van der Waals surface area contributed by atoms with Crippen molar-refractivity contribution >= 4 is 22.6 Å². The lowest BCUT2D eigenvalue weighted by Gasteiger charge is -2.32. The van der Waals surface area contributed by atoms with Crippen molar-refractivity contribution < 1.29 is 23.8 Å². The molecule has 0 spiro atoms. The van der Waals surface area contributed by atoms with Gasteiger partial charge in [0, 0.05) is 6.54 Å². The number of hydrogen-bond acceptors (Lipinski definition) is 4. The number of nitrogens with zero attached hydrogens (tertiary/aromatic N) is 1. The second kappa shape index (κ2) is 7.76. The first-order chi connectivity index (χ1) is 13.6. The molecule has 6 heteroatoms. The highest BCUT2D eigenvalue weighted by Crippen LogP contribution is 2.23. The molecule has 0 bridgehead atoms. The molecular formula is C22H21NO5. The highest BCUT2D eigenvalue weighted by Gasteiger charge is 2.33. The number of fused-ring (bicyclic) bond motifs is 1. The van der Waals surface area contributed by atoms with Crippen LogP contribution in [0.25, 0.3) is 10.8 Å². The molecule has 1 aliphatic heterocycles. The monoisotopic (exact) mass is 379 g/mol. The van der Waals surface area contributed by atoms with E-state index in [1.54, 1.807) is 12.1 Å². The Morgan fingerprint density at radius 1 is 1.07 bits per heavy atom. The number of hydrogen-bond donors (Lipinski definition) is 1. The van der Waals surface area contributed by atoms with Crippen molar-refractivity contribution in [3.63, 3.8) is 0 Å². The van der Waals surface area contributed by atoms with Crippen LogP contribution in [0.1, 0.15) is 35.6 Å². The first-order valence-electron chi connectivity index (χ1n) is 9.36. The van der Waals surface area contributed by atoms with Crippen molar-refractivity contribution in [1.29, 1.82) is 0 Å². The Labute approximate surface area is 162 Å². The molecule has 1 aliphatic rings. The number of piperidine rings is 1. The second-order valence-electron chi connectivity index (χ2n) is 6.91. The van der Waals surface area contributed by atoms with Crippen molar-refractivity contribution in [3.05, 3.63) is 66.1 Å². The number of ether oxygens (including phenoxy) is 1. The van der Waals surface area contributed by atoms with Gasteiger partial charge in [0.2, 0.25) is 0 Å². The first-order valence-corrected chi connectivity index (χ1v) is 9.36. The highest BCUT2D eigenvalue weighted by molar-refractivity contribution is 5.94. The zero-order valence-corrected chi connectivity index (χ0v) is 15.3. The summed E-state index contributed by atoms with van der Waals surface area (Å²) in [5.74, 6) is 0.0131. The van der Waals surface area contributed by atoms with Gasteiger partial charge in [0.05, 0.1) is 0 Å². The largest absolute Gasteiger partial charge is 0.486 e. The minimum absolute atomic E-state index is 0.144. The molecule has 2 aromatic carbocycles. The van der Waals surface area contributed by atoms with E-state index in [0.717, 1.165) is 23.6 Å². The van der Waals surface area contributed by atoms with Gasteiger partial charge in [0.15, 0.2) is 5.76 Å². The third-order valence-corrected chi connectivity index (χ3v) is 5.02. The van der Waals surface area contributed by atoms with Gasteiger partial charge in [-0.1, -0.05) is 30.3 Å². The highest BCUT2D eigenvalue weighted by atomic mass is 16.5. The molecule has 0 radical (unpaired) electrons. The number of rotatable bonds is 5. The summed E-state index contributed by atoms with van der Waals surface area (Å²) in [6.45, 7) is 0.618. The molecule has 6 nitrogen and oxygen atoms in total. The Balaban J connectivity index is 1.43. The summed E-state index contributed by atoms with van der Waals surface area (Å²) in [6, 6.07) is 16.3. The van der Waals surface area contributed by atoms with E-state index in [-0.39, 0.29) is 18.3 Å². The summed E-state index contributed by atoms with van der Waals surface area (Å²) in [4.78, 5) is 25.5. The van der Waals surface area contributed by atoms with E-state index in [1.807, 2.05) is 42.5 Å². The van der Waals surface area contributed by atoms with Crippen molar-refractivity contribution in [2.24, 2.45) is 0 Å². The number of carbonyl (C=O) groups is 2. The summed E-state index contributed by atoms with van der Waals surface area (Å²) < 4.78 is 11.4. The summed E-state index contributed by atoms with van der Waals surface area (Å²) in [5.41, 5.74) is 0. The molecule has 0 unspecified atom stereocenters. The number of aliphatic carboxylic acids is 1. The van der Waals surface area contributed by atoms with Crippen LogP contribution in [0.5, 0.6) is 5.75 Å². The molecule has 0 aliphatic carbocycles. The molecule has 3 aromatic rings. The average Bonchev–Trinajstić information content (AvgIpc) is 3.20. The second-order valence-corrected chi connectivity index (χ2v) is 6.91. The van der Waals surface area contributed by atoms with Crippen LogP contribution in [0.3, 0.4) is 0 Å². The maximum Gasteiger partial charge on any atom is 0.326 e. The van der Waals surface area contributed by atoms with Gasteiger partial charge in [-0.3, -0.25) is 4.79 Å². The lowest BCUT2D eigenvalue weighted by atomic mass is 10.0. The summed E-state index contributed by atoms with van der Waals surface area (Å²) in [6.07, 6.45) is 2.08. The van der Waals surface area contributed by atoms with Gasteiger partial charge in [0.25, 0.3) is 5.91 Å². The summed E-state index contributed by atoms with van der Waals surface area (Å²) in [5, 5.41) is 11.6. The van der Waals surface area contributed by atoms with E-state index in [0.29, 0.717) is 24.5 Å². The van der Waals surface area contributed by atoms with Gasteiger partial charge in [-0.15, -0.1) is 0 Å². The molecule has 28 heavy (non-hydrogen) atoms. The van der Waals surface area contributed by atoms with E-state index in [2.05, 4.69) is 0 Å². The van der Waals surface area contributed by atoms with Gasteiger partial charge < -0.3 is 19.2 Å². The molecule has 144 valence electrons. The fourth-order valence-corrected chi connectivity index (χ4v) is 3.55. The van der Waals surface area contributed by atoms with Crippen molar-refractivity contribution in [2.75, 3.05) is 6.54 Å². The third-order valence-electron chi connectivity index (χ3n) is 5.02. The van der Waals surface area contributed by atoms with E-state index < -0.39 is 12.0 Å². The standard InChI is InChI=1S/C22H21NO5/c24-21(23-12-4-3-7-19(23)22(25)26)20-11-10-18(28-20)14-27-17-9-8-15-5-1-2-6-16(15)13-17/h1-2,5-6,8-11,13,19H,3-4,7,12,14H2,(H,25,26)/t19-/m1/s1. The normalized spacial score (nSPS) is 16.9. The molecule has 1 fully saturated rings. The maximum absolute atomic E-state index is 12.7. The van der Waals surface area contributed by atoms with Crippen LogP contribution < -0.4 is 4.74 Å².